The number of nitrogens with zero attached hydrogens (tertiary/aromatic N) is 1. The molecule has 0 aromatic carbocycles. The molecule has 0 atom stereocenters. The monoisotopic (exact) mass is 263 g/mol. The number of carbonyl (C=O) groups is 1. The van der Waals surface area contributed by atoms with E-state index in [2.05, 4.69) is 18.3 Å². The number of nitriles is 1. The van der Waals surface area contributed by atoms with Gasteiger partial charge in [-0.15, -0.1) is 11.3 Å². The average molecular weight is 263 g/mol. The molecule has 2 rings (SSSR count). The first-order chi connectivity index (χ1) is 8.69. The molecule has 0 saturated heterocycles. The summed E-state index contributed by atoms with van der Waals surface area (Å²) in [6.45, 7) is 2.92. The van der Waals surface area contributed by atoms with Gasteiger partial charge >= 0.3 is 0 Å². The Hall–Kier alpha value is -1.54. The lowest BCUT2D eigenvalue weighted by Crippen LogP contribution is -2.02. The lowest BCUT2D eigenvalue weighted by molar-refractivity contribution is 0.0972. The van der Waals surface area contributed by atoms with Crippen LogP contribution < -0.4 is 11.1 Å². The lowest BCUT2D eigenvalue weighted by Gasteiger charge is -2.01. The minimum absolute atomic E-state index is 0.109. The van der Waals surface area contributed by atoms with E-state index in [0.717, 1.165) is 37.2 Å². The van der Waals surface area contributed by atoms with Gasteiger partial charge in [0.2, 0.25) is 0 Å². The molecule has 0 unspecified atom stereocenters. The van der Waals surface area contributed by atoms with Gasteiger partial charge in [0, 0.05) is 12.5 Å². The SMILES string of the molecule is CCCCNc1sc(C(=O)C2CC2)c(N)c1C#N. The van der Waals surface area contributed by atoms with Gasteiger partial charge in [-0.2, -0.15) is 5.26 Å². The lowest BCUT2D eigenvalue weighted by atomic mass is 10.1. The van der Waals surface area contributed by atoms with Crippen molar-refractivity contribution in [1.82, 2.24) is 0 Å². The van der Waals surface area contributed by atoms with Crippen LogP contribution in [0.3, 0.4) is 0 Å². The number of hydrogen-bond donors (Lipinski definition) is 2. The van der Waals surface area contributed by atoms with Crippen molar-refractivity contribution in [3.8, 4) is 6.07 Å². The number of unbranched alkanes of at least 4 members (excludes halogenated alkanes) is 1. The molecule has 1 fully saturated rings. The number of carbonyl (C=O) groups excluding carboxylic acids is 1. The number of ketones is 1. The molecule has 5 heteroatoms. The molecule has 1 aromatic heterocycles. The van der Waals surface area contributed by atoms with E-state index in [0.29, 0.717) is 16.1 Å². The zero-order valence-corrected chi connectivity index (χ0v) is 11.3. The molecule has 1 aromatic rings. The molecule has 0 aliphatic heterocycles. The first-order valence-corrected chi connectivity index (χ1v) is 7.11. The zero-order valence-electron chi connectivity index (χ0n) is 10.5. The Labute approximate surface area is 111 Å². The standard InChI is InChI=1S/C13H17N3OS/c1-2-3-6-16-13-9(7-14)10(15)12(18-13)11(17)8-4-5-8/h8,16H,2-6,15H2,1H3. The van der Waals surface area contributed by atoms with Gasteiger partial charge < -0.3 is 11.1 Å². The summed E-state index contributed by atoms with van der Waals surface area (Å²) in [6, 6.07) is 2.10. The molecule has 0 spiro atoms. The van der Waals surface area contributed by atoms with E-state index in [9.17, 15) is 4.79 Å². The summed E-state index contributed by atoms with van der Waals surface area (Å²) in [7, 11) is 0. The second-order valence-corrected chi connectivity index (χ2v) is 5.60. The smallest absolute Gasteiger partial charge is 0.178 e. The van der Waals surface area contributed by atoms with Crippen molar-refractivity contribution in [1.29, 1.82) is 5.26 Å². The molecule has 96 valence electrons. The second kappa shape index (κ2) is 5.40. The fourth-order valence-corrected chi connectivity index (χ4v) is 2.89. The molecule has 1 heterocycles. The number of nitrogens with one attached hydrogen (secondary N) is 1. The molecular formula is C13H17N3OS. The summed E-state index contributed by atoms with van der Waals surface area (Å²) < 4.78 is 0. The maximum absolute atomic E-state index is 12.0. The highest BCUT2D eigenvalue weighted by atomic mass is 32.1. The summed E-state index contributed by atoms with van der Waals surface area (Å²) in [5.74, 6) is 0.249. The number of nitrogen functional groups attached to an aromatic ring is 1. The Balaban J connectivity index is 2.21. The van der Waals surface area contributed by atoms with Crippen LogP contribution in [0.4, 0.5) is 10.7 Å². The average Bonchev–Trinajstić information content (AvgIpc) is 3.15. The second-order valence-electron chi connectivity index (χ2n) is 4.58. The molecule has 0 amide bonds. The number of anilines is 2. The third-order valence-corrected chi connectivity index (χ3v) is 4.22. The normalized spacial score (nSPS) is 14.2. The van der Waals surface area contributed by atoms with Crippen LogP contribution in [-0.2, 0) is 0 Å². The Bertz CT molecular complexity index is 497. The van der Waals surface area contributed by atoms with E-state index >= 15 is 0 Å². The van der Waals surface area contributed by atoms with Crippen LogP contribution in [0.1, 0.15) is 47.8 Å². The van der Waals surface area contributed by atoms with Crippen LogP contribution in [-0.4, -0.2) is 12.3 Å². The molecule has 1 aliphatic carbocycles. The minimum atomic E-state index is 0.109. The summed E-state index contributed by atoms with van der Waals surface area (Å²) in [5.41, 5.74) is 6.70. The van der Waals surface area contributed by atoms with Gasteiger partial charge in [-0.05, 0) is 19.3 Å². The van der Waals surface area contributed by atoms with E-state index in [1.165, 1.54) is 11.3 Å². The zero-order chi connectivity index (χ0) is 13.1. The predicted octanol–water partition coefficient (Wildman–Crippen LogP) is 3.01. The summed E-state index contributed by atoms with van der Waals surface area (Å²) >= 11 is 1.33. The van der Waals surface area contributed by atoms with E-state index in [1.54, 1.807) is 0 Å². The third kappa shape index (κ3) is 2.49. The van der Waals surface area contributed by atoms with Crippen molar-refractivity contribution in [3.63, 3.8) is 0 Å². The van der Waals surface area contributed by atoms with Gasteiger partial charge in [0.1, 0.15) is 16.6 Å². The van der Waals surface area contributed by atoms with E-state index in [1.807, 2.05) is 0 Å². The van der Waals surface area contributed by atoms with Gasteiger partial charge in [0.25, 0.3) is 0 Å². The van der Waals surface area contributed by atoms with Crippen molar-refractivity contribution in [3.05, 3.63) is 10.4 Å². The molecule has 3 N–H and O–H groups in total. The van der Waals surface area contributed by atoms with Gasteiger partial charge in [-0.3, -0.25) is 4.79 Å². The third-order valence-electron chi connectivity index (χ3n) is 3.04. The summed E-state index contributed by atoms with van der Waals surface area (Å²) in [6.07, 6.45) is 4.03. The molecular weight excluding hydrogens is 246 g/mol. The maximum Gasteiger partial charge on any atom is 0.178 e. The van der Waals surface area contributed by atoms with Gasteiger partial charge in [-0.25, -0.2) is 0 Å². The van der Waals surface area contributed by atoms with Crippen molar-refractivity contribution >= 4 is 27.8 Å². The molecule has 1 saturated carbocycles. The Morgan fingerprint density at radius 2 is 2.33 bits per heavy atom. The predicted molar refractivity (Wildman–Crippen MR) is 73.9 cm³/mol. The molecule has 0 radical (unpaired) electrons. The highest BCUT2D eigenvalue weighted by molar-refractivity contribution is 7.19. The van der Waals surface area contributed by atoms with E-state index in [-0.39, 0.29) is 11.7 Å². The maximum atomic E-state index is 12.0. The molecule has 0 bridgehead atoms. The highest BCUT2D eigenvalue weighted by Crippen LogP contribution is 2.41. The topological polar surface area (TPSA) is 78.9 Å². The largest absolute Gasteiger partial charge is 0.396 e. The fourth-order valence-electron chi connectivity index (χ4n) is 1.77. The van der Waals surface area contributed by atoms with Gasteiger partial charge in [0.05, 0.1) is 10.6 Å². The quantitative estimate of drug-likeness (QED) is 0.611. The van der Waals surface area contributed by atoms with Crippen LogP contribution in [0.15, 0.2) is 0 Å². The van der Waals surface area contributed by atoms with Gasteiger partial charge in [0.15, 0.2) is 5.78 Å². The highest BCUT2D eigenvalue weighted by Gasteiger charge is 2.34. The van der Waals surface area contributed by atoms with Crippen molar-refractivity contribution in [2.24, 2.45) is 5.92 Å². The number of thiophene rings is 1. The van der Waals surface area contributed by atoms with Crippen LogP contribution in [0.5, 0.6) is 0 Å². The Kier molecular flexibility index (Phi) is 3.87. The number of rotatable bonds is 6. The molecule has 4 nitrogen and oxygen atoms in total. The van der Waals surface area contributed by atoms with E-state index < -0.39 is 0 Å². The number of hydrogen-bond acceptors (Lipinski definition) is 5. The van der Waals surface area contributed by atoms with Crippen molar-refractivity contribution < 1.29 is 4.79 Å². The van der Waals surface area contributed by atoms with Crippen LogP contribution in [0.25, 0.3) is 0 Å². The summed E-state index contributed by atoms with van der Waals surface area (Å²) in [5, 5.41) is 13.1. The van der Waals surface area contributed by atoms with Crippen LogP contribution >= 0.6 is 11.3 Å². The molecule has 1 aliphatic rings. The number of Topliss-reactive ketones (excluding diaryl/α,β-unsaturated/α-hetero) is 1. The van der Waals surface area contributed by atoms with Crippen molar-refractivity contribution in [2.45, 2.75) is 32.6 Å². The fraction of sp³-hybridized carbons (Fsp3) is 0.538. The first kappa shape index (κ1) is 12.9. The Morgan fingerprint density at radius 3 is 2.89 bits per heavy atom. The van der Waals surface area contributed by atoms with Gasteiger partial charge in [-0.1, -0.05) is 13.3 Å². The molecule has 18 heavy (non-hydrogen) atoms. The van der Waals surface area contributed by atoms with E-state index in [4.69, 9.17) is 11.0 Å². The summed E-state index contributed by atoms with van der Waals surface area (Å²) in [4.78, 5) is 12.6. The number of nitrogens with two attached hydrogens (primary N) is 1. The van der Waals surface area contributed by atoms with Crippen molar-refractivity contribution in [2.75, 3.05) is 17.6 Å². The Morgan fingerprint density at radius 1 is 1.61 bits per heavy atom. The van der Waals surface area contributed by atoms with Crippen LogP contribution in [0, 0.1) is 17.2 Å². The first-order valence-electron chi connectivity index (χ1n) is 6.29. The van der Waals surface area contributed by atoms with Crippen LogP contribution in [0.2, 0.25) is 0 Å². The minimum Gasteiger partial charge on any atom is -0.396 e.